The largest absolute Gasteiger partial charge is 0.397 e. The molecule has 5 nitrogen and oxygen atoms in total. The Morgan fingerprint density at radius 3 is 3.00 bits per heavy atom. The Kier molecular flexibility index (Phi) is 3.53. The Labute approximate surface area is 82.3 Å². The van der Waals surface area contributed by atoms with Crippen molar-refractivity contribution < 1.29 is 9.90 Å². The van der Waals surface area contributed by atoms with Gasteiger partial charge in [-0.05, 0) is 12.0 Å². The van der Waals surface area contributed by atoms with Crippen LogP contribution in [0.4, 0.5) is 5.69 Å². The van der Waals surface area contributed by atoms with Gasteiger partial charge in [0, 0.05) is 25.0 Å². The van der Waals surface area contributed by atoms with Gasteiger partial charge in [0.05, 0.1) is 0 Å². The van der Waals surface area contributed by atoms with Crippen molar-refractivity contribution in [2.24, 2.45) is 5.92 Å². The van der Waals surface area contributed by atoms with E-state index in [-0.39, 0.29) is 18.4 Å². The molecule has 5 N–H and O–H groups in total. The van der Waals surface area contributed by atoms with Crippen molar-refractivity contribution in [2.75, 3.05) is 18.9 Å². The van der Waals surface area contributed by atoms with E-state index in [0.29, 0.717) is 17.9 Å². The van der Waals surface area contributed by atoms with Crippen molar-refractivity contribution in [3.63, 3.8) is 0 Å². The maximum absolute atomic E-state index is 11.4. The lowest BCUT2D eigenvalue weighted by Gasteiger charge is -2.08. The van der Waals surface area contributed by atoms with Gasteiger partial charge in [-0.15, -0.1) is 0 Å². The minimum atomic E-state index is -0.206. The first-order valence-corrected chi connectivity index (χ1v) is 4.46. The van der Waals surface area contributed by atoms with Crippen LogP contribution in [0.25, 0.3) is 0 Å². The Balaban J connectivity index is 2.43. The maximum Gasteiger partial charge on any atom is 0.267 e. The van der Waals surface area contributed by atoms with Crippen LogP contribution in [0.2, 0.25) is 0 Å². The van der Waals surface area contributed by atoms with E-state index in [1.165, 1.54) is 0 Å². The van der Waals surface area contributed by atoms with Crippen molar-refractivity contribution in [3.8, 4) is 0 Å². The molecule has 1 heterocycles. The Morgan fingerprint density at radius 1 is 1.79 bits per heavy atom. The minimum absolute atomic E-state index is 0.0614. The molecule has 0 spiro atoms. The van der Waals surface area contributed by atoms with E-state index in [9.17, 15) is 4.79 Å². The van der Waals surface area contributed by atoms with Gasteiger partial charge >= 0.3 is 0 Å². The number of nitrogens with two attached hydrogens (primary N) is 1. The SMILES string of the molecule is CC(CO)CNC(=O)c1cc(N)c[nH]1. The minimum Gasteiger partial charge on any atom is -0.397 e. The molecule has 0 radical (unpaired) electrons. The van der Waals surface area contributed by atoms with Gasteiger partial charge in [-0.1, -0.05) is 6.92 Å². The number of carbonyl (C=O) groups excluding carboxylic acids is 1. The van der Waals surface area contributed by atoms with Crippen molar-refractivity contribution >= 4 is 11.6 Å². The number of aliphatic hydroxyl groups excluding tert-OH is 1. The molecular weight excluding hydrogens is 182 g/mol. The molecule has 0 bridgehead atoms. The topological polar surface area (TPSA) is 91.1 Å². The highest BCUT2D eigenvalue weighted by Gasteiger charge is 2.08. The van der Waals surface area contributed by atoms with Crippen LogP contribution in [0.5, 0.6) is 0 Å². The fraction of sp³-hybridized carbons (Fsp3) is 0.444. The first-order chi connectivity index (χ1) is 6.63. The second-order valence-corrected chi connectivity index (χ2v) is 3.34. The molecule has 0 aliphatic rings. The summed E-state index contributed by atoms with van der Waals surface area (Å²) in [6.45, 7) is 2.37. The summed E-state index contributed by atoms with van der Waals surface area (Å²) in [5.74, 6) is -0.145. The predicted molar refractivity (Wildman–Crippen MR) is 53.8 cm³/mol. The van der Waals surface area contributed by atoms with Crippen LogP contribution in [-0.4, -0.2) is 29.1 Å². The van der Waals surface area contributed by atoms with E-state index in [2.05, 4.69) is 10.3 Å². The Morgan fingerprint density at radius 2 is 2.50 bits per heavy atom. The number of nitrogens with one attached hydrogen (secondary N) is 2. The molecule has 1 unspecified atom stereocenters. The number of aliphatic hydroxyl groups is 1. The van der Waals surface area contributed by atoms with Gasteiger partial charge in [0.1, 0.15) is 5.69 Å². The molecule has 0 saturated heterocycles. The zero-order chi connectivity index (χ0) is 10.6. The maximum atomic E-state index is 11.4. The second-order valence-electron chi connectivity index (χ2n) is 3.34. The van der Waals surface area contributed by atoms with Crippen LogP contribution in [0.15, 0.2) is 12.3 Å². The standard InChI is InChI=1S/C9H15N3O2/c1-6(5-13)3-12-9(14)8-2-7(10)4-11-8/h2,4,6,11,13H,3,5,10H2,1H3,(H,12,14). The lowest BCUT2D eigenvalue weighted by Crippen LogP contribution is -2.29. The molecule has 0 aliphatic heterocycles. The van der Waals surface area contributed by atoms with E-state index < -0.39 is 0 Å². The molecule has 78 valence electrons. The number of anilines is 1. The lowest BCUT2D eigenvalue weighted by atomic mass is 10.2. The predicted octanol–water partition coefficient (Wildman–Crippen LogP) is -0.0449. The third-order valence-electron chi connectivity index (χ3n) is 1.87. The van der Waals surface area contributed by atoms with Crippen LogP contribution in [0.1, 0.15) is 17.4 Å². The number of nitrogen functional groups attached to an aromatic ring is 1. The molecule has 1 aromatic heterocycles. The number of aromatic amines is 1. The molecule has 1 aromatic rings. The molecule has 1 atom stereocenters. The van der Waals surface area contributed by atoms with Gasteiger partial charge in [0.2, 0.25) is 0 Å². The molecular formula is C9H15N3O2. The first-order valence-electron chi connectivity index (χ1n) is 4.46. The Bertz CT molecular complexity index is 309. The van der Waals surface area contributed by atoms with Gasteiger partial charge in [0.25, 0.3) is 5.91 Å². The zero-order valence-electron chi connectivity index (χ0n) is 8.08. The molecule has 14 heavy (non-hydrogen) atoms. The molecule has 0 saturated carbocycles. The smallest absolute Gasteiger partial charge is 0.267 e. The summed E-state index contributed by atoms with van der Waals surface area (Å²) in [5.41, 5.74) is 6.42. The number of carbonyl (C=O) groups is 1. The molecule has 0 aliphatic carbocycles. The second kappa shape index (κ2) is 4.66. The van der Waals surface area contributed by atoms with E-state index in [1.54, 1.807) is 12.3 Å². The van der Waals surface area contributed by atoms with E-state index >= 15 is 0 Å². The summed E-state index contributed by atoms with van der Waals surface area (Å²) < 4.78 is 0. The van der Waals surface area contributed by atoms with Crippen molar-refractivity contribution in [3.05, 3.63) is 18.0 Å². The molecule has 0 aromatic carbocycles. The number of H-pyrrole nitrogens is 1. The summed E-state index contributed by atoms with van der Waals surface area (Å²) >= 11 is 0. The number of hydrogen-bond donors (Lipinski definition) is 4. The van der Waals surface area contributed by atoms with Gasteiger partial charge in [-0.25, -0.2) is 0 Å². The van der Waals surface area contributed by atoms with Gasteiger partial charge < -0.3 is 21.1 Å². The van der Waals surface area contributed by atoms with E-state index in [1.807, 2.05) is 6.92 Å². The average Bonchev–Trinajstić information content (AvgIpc) is 2.60. The molecule has 1 amide bonds. The van der Waals surface area contributed by atoms with Crippen LogP contribution in [0.3, 0.4) is 0 Å². The van der Waals surface area contributed by atoms with Gasteiger partial charge in [-0.3, -0.25) is 4.79 Å². The van der Waals surface area contributed by atoms with Crippen molar-refractivity contribution in [2.45, 2.75) is 6.92 Å². The third-order valence-corrected chi connectivity index (χ3v) is 1.87. The zero-order valence-corrected chi connectivity index (χ0v) is 8.08. The number of rotatable bonds is 4. The molecule has 0 fully saturated rings. The number of aromatic nitrogens is 1. The molecule has 5 heteroatoms. The van der Waals surface area contributed by atoms with Gasteiger partial charge in [0.15, 0.2) is 0 Å². The summed E-state index contributed by atoms with van der Waals surface area (Å²) in [6, 6.07) is 1.57. The monoisotopic (exact) mass is 197 g/mol. The highest BCUT2D eigenvalue weighted by atomic mass is 16.3. The number of amides is 1. The van der Waals surface area contributed by atoms with Crippen molar-refractivity contribution in [1.29, 1.82) is 0 Å². The Hall–Kier alpha value is -1.49. The summed E-state index contributed by atoms with van der Waals surface area (Å²) in [5, 5.41) is 11.4. The van der Waals surface area contributed by atoms with Crippen LogP contribution >= 0.6 is 0 Å². The highest BCUT2D eigenvalue weighted by molar-refractivity contribution is 5.93. The quantitative estimate of drug-likeness (QED) is 0.545. The highest BCUT2D eigenvalue weighted by Crippen LogP contribution is 2.04. The third kappa shape index (κ3) is 2.77. The first kappa shape index (κ1) is 10.6. The fourth-order valence-electron chi connectivity index (χ4n) is 0.969. The van der Waals surface area contributed by atoms with Crippen LogP contribution in [0, 0.1) is 5.92 Å². The summed E-state index contributed by atoms with van der Waals surface area (Å²) in [6.07, 6.45) is 1.56. The van der Waals surface area contributed by atoms with E-state index in [0.717, 1.165) is 0 Å². The number of hydrogen-bond acceptors (Lipinski definition) is 3. The normalized spacial score (nSPS) is 12.4. The fourth-order valence-corrected chi connectivity index (χ4v) is 0.969. The van der Waals surface area contributed by atoms with E-state index in [4.69, 9.17) is 10.8 Å². The van der Waals surface area contributed by atoms with Gasteiger partial charge in [-0.2, -0.15) is 0 Å². The summed E-state index contributed by atoms with van der Waals surface area (Å²) in [4.78, 5) is 14.1. The average molecular weight is 197 g/mol. The van der Waals surface area contributed by atoms with Crippen molar-refractivity contribution in [1.82, 2.24) is 10.3 Å². The van der Waals surface area contributed by atoms with Crippen LogP contribution in [-0.2, 0) is 0 Å². The molecule has 1 rings (SSSR count). The van der Waals surface area contributed by atoms with Crippen LogP contribution < -0.4 is 11.1 Å². The summed E-state index contributed by atoms with van der Waals surface area (Å²) in [7, 11) is 0. The lowest BCUT2D eigenvalue weighted by molar-refractivity contribution is 0.0938.